The summed E-state index contributed by atoms with van der Waals surface area (Å²) in [6.07, 6.45) is 3.93. The fraction of sp³-hybridized carbons (Fsp3) is 0.450. The molecule has 0 amide bonds. The second-order valence-corrected chi connectivity index (χ2v) is 9.57. The van der Waals surface area contributed by atoms with Crippen molar-refractivity contribution >= 4 is 27.2 Å². The molecule has 1 aromatic carbocycles. The Labute approximate surface area is 170 Å². The highest BCUT2D eigenvalue weighted by Gasteiger charge is 2.25. The maximum absolute atomic E-state index is 13.2. The predicted octanol–water partition coefficient (Wildman–Crippen LogP) is 3.13. The van der Waals surface area contributed by atoms with Crippen molar-refractivity contribution in [2.75, 3.05) is 18.1 Å². The summed E-state index contributed by atoms with van der Waals surface area (Å²) >= 11 is 0. The molecule has 2 aromatic rings. The molecule has 1 aliphatic heterocycles. The lowest BCUT2D eigenvalue weighted by atomic mass is 9.96. The summed E-state index contributed by atoms with van der Waals surface area (Å²) in [5.41, 5.74) is 1.15. The van der Waals surface area contributed by atoms with Gasteiger partial charge in [0.05, 0.1) is 33.8 Å². The quantitative estimate of drug-likeness (QED) is 0.589. The molecular weight excluding hydrogens is 394 g/mol. The van der Waals surface area contributed by atoms with Crippen molar-refractivity contribution in [2.45, 2.75) is 33.1 Å². The van der Waals surface area contributed by atoms with Gasteiger partial charge in [-0.3, -0.25) is 4.79 Å². The van der Waals surface area contributed by atoms with E-state index in [0.717, 1.165) is 19.3 Å². The van der Waals surface area contributed by atoms with E-state index in [1.165, 1.54) is 30.1 Å². The van der Waals surface area contributed by atoms with E-state index in [9.17, 15) is 18.9 Å². The summed E-state index contributed by atoms with van der Waals surface area (Å²) in [4.78, 5) is 25.4. The normalized spacial score (nSPS) is 15.7. The highest BCUT2D eigenvalue weighted by molar-refractivity contribution is 7.93. The van der Waals surface area contributed by atoms with Gasteiger partial charge < -0.3 is 9.84 Å². The second kappa shape index (κ2) is 8.36. The van der Waals surface area contributed by atoms with Crippen LogP contribution < -0.4 is 0 Å². The number of nitrogens with zero attached hydrogens (tertiary/aromatic N) is 3. The van der Waals surface area contributed by atoms with Crippen molar-refractivity contribution in [2.24, 2.45) is 11.4 Å². The van der Waals surface area contributed by atoms with E-state index in [1.54, 1.807) is 13.8 Å². The van der Waals surface area contributed by atoms with Gasteiger partial charge in [-0.05, 0) is 44.4 Å². The number of ether oxygens (including phenoxy) is 1. The highest BCUT2D eigenvalue weighted by atomic mass is 32.2. The van der Waals surface area contributed by atoms with Gasteiger partial charge in [-0.15, -0.1) is 0 Å². The topological polar surface area (TPSA) is 111 Å². The molecule has 1 N–H and O–H groups in total. The van der Waals surface area contributed by atoms with Crippen LogP contribution in [0.4, 0.5) is 5.69 Å². The van der Waals surface area contributed by atoms with E-state index in [4.69, 9.17) is 4.74 Å². The third-order valence-corrected chi connectivity index (χ3v) is 7.38. The summed E-state index contributed by atoms with van der Waals surface area (Å²) in [6, 6.07) is 2.97. The molecule has 29 heavy (non-hydrogen) atoms. The number of aryl methyl sites for hydroxylation is 1. The molecule has 0 radical (unpaired) electrons. The van der Waals surface area contributed by atoms with Crippen molar-refractivity contribution in [1.29, 1.82) is 0 Å². The zero-order valence-electron chi connectivity index (χ0n) is 16.8. The van der Waals surface area contributed by atoms with Gasteiger partial charge in [0, 0.05) is 24.1 Å². The van der Waals surface area contributed by atoms with Gasteiger partial charge in [0.15, 0.2) is 5.78 Å². The largest absolute Gasteiger partial charge is 0.493 e. The molecule has 3 rings (SSSR count). The molecule has 9 heteroatoms. The lowest BCUT2D eigenvalue weighted by Gasteiger charge is -2.18. The molecule has 156 valence electrons. The van der Waals surface area contributed by atoms with Gasteiger partial charge >= 0.3 is 5.97 Å². The van der Waals surface area contributed by atoms with Crippen LogP contribution >= 0.6 is 0 Å². The number of aromatic hydroxyl groups is 1. The molecule has 0 unspecified atom stereocenters. The number of carbonyl (C=O) groups excluding carboxylic acids is 2. The van der Waals surface area contributed by atoms with Gasteiger partial charge in [-0.2, -0.15) is 9.46 Å². The van der Waals surface area contributed by atoms with Gasteiger partial charge in [0.1, 0.15) is 5.56 Å². The third-order valence-electron chi connectivity index (χ3n) is 5.01. The Morgan fingerprint density at radius 3 is 2.45 bits per heavy atom. The molecule has 8 nitrogen and oxygen atoms in total. The molecule has 0 bridgehead atoms. The second-order valence-electron chi connectivity index (χ2n) is 7.02. The Balaban J connectivity index is 2.17. The molecule has 0 spiro atoms. The lowest BCUT2D eigenvalue weighted by Crippen LogP contribution is -2.17. The zero-order valence-corrected chi connectivity index (χ0v) is 17.6. The maximum atomic E-state index is 13.2. The van der Waals surface area contributed by atoms with Crippen LogP contribution in [0.1, 0.15) is 58.0 Å². The smallest absolute Gasteiger partial charge is 0.340 e. The van der Waals surface area contributed by atoms with Crippen LogP contribution in [0, 0.1) is 6.92 Å². The fourth-order valence-electron chi connectivity index (χ4n) is 3.37. The monoisotopic (exact) mass is 419 g/mol. The van der Waals surface area contributed by atoms with Crippen LogP contribution in [0.15, 0.2) is 22.7 Å². The molecule has 1 aromatic heterocycles. The Bertz CT molecular complexity index is 1070. The molecule has 0 atom stereocenters. The number of ketones is 1. The summed E-state index contributed by atoms with van der Waals surface area (Å²) in [6.45, 7) is 3.55. The van der Waals surface area contributed by atoms with E-state index in [0.29, 0.717) is 17.1 Å². The van der Waals surface area contributed by atoms with Crippen molar-refractivity contribution in [1.82, 2.24) is 9.78 Å². The summed E-state index contributed by atoms with van der Waals surface area (Å²) < 4.78 is 24.0. The minimum atomic E-state index is -2.51. The number of hydrogen-bond donors (Lipinski definition) is 1. The molecule has 0 aliphatic carbocycles. The van der Waals surface area contributed by atoms with Crippen LogP contribution in [0.25, 0.3) is 0 Å². The Kier molecular flexibility index (Phi) is 6.07. The Morgan fingerprint density at radius 2 is 1.86 bits per heavy atom. The van der Waals surface area contributed by atoms with Crippen molar-refractivity contribution in [3.63, 3.8) is 0 Å². The van der Waals surface area contributed by atoms with Crippen molar-refractivity contribution in [3.8, 4) is 5.88 Å². The number of aromatic nitrogens is 2. The SMILES string of the molecule is CCOC(=O)c1ccc(C(=O)c2cnn(C)c2O)c(C)c1N=S1(=O)CCCCC1. The van der Waals surface area contributed by atoms with Crippen LogP contribution in [-0.4, -0.2) is 49.0 Å². The number of rotatable bonds is 5. The standard InChI is InChI=1S/C20H25N3O5S/c1-4-28-20(26)15-9-8-14(18(24)16-12-21-23(3)19(16)25)13(2)17(15)22-29(27)10-6-5-7-11-29/h8-9,12,25H,4-7,10-11H2,1-3H3. The Hall–Kier alpha value is -2.68. The number of esters is 1. The van der Waals surface area contributed by atoms with E-state index < -0.39 is 21.5 Å². The summed E-state index contributed by atoms with van der Waals surface area (Å²) in [5.74, 6) is -0.331. The average Bonchev–Trinajstić information content (AvgIpc) is 3.02. The molecular formula is C20H25N3O5S. The third kappa shape index (κ3) is 4.19. The summed E-state index contributed by atoms with van der Waals surface area (Å²) in [5, 5.41) is 14.0. The molecule has 1 saturated heterocycles. The summed E-state index contributed by atoms with van der Waals surface area (Å²) in [7, 11) is -0.983. The van der Waals surface area contributed by atoms with E-state index >= 15 is 0 Å². The Morgan fingerprint density at radius 1 is 1.21 bits per heavy atom. The first-order chi connectivity index (χ1) is 13.8. The molecule has 1 aliphatic rings. The van der Waals surface area contributed by atoms with E-state index in [1.807, 2.05) is 0 Å². The maximum Gasteiger partial charge on any atom is 0.340 e. The van der Waals surface area contributed by atoms with Gasteiger partial charge in [-0.1, -0.05) is 6.42 Å². The first-order valence-corrected chi connectivity index (χ1v) is 11.4. The van der Waals surface area contributed by atoms with Crippen LogP contribution in [-0.2, 0) is 21.5 Å². The number of hydrogen-bond acceptors (Lipinski definition) is 7. The van der Waals surface area contributed by atoms with Crippen molar-refractivity contribution in [3.05, 3.63) is 40.6 Å². The van der Waals surface area contributed by atoms with Crippen LogP contribution in [0.5, 0.6) is 5.88 Å². The predicted molar refractivity (Wildman–Crippen MR) is 109 cm³/mol. The van der Waals surface area contributed by atoms with Crippen molar-refractivity contribution < 1.29 is 23.6 Å². The molecule has 1 fully saturated rings. The fourth-order valence-corrected chi connectivity index (χ4v) is 5.63. The van der Waals surface area contributed by atoms with Gasteiger partial charge in [-0.25, -0.2) is 13.7 Å². The molecule has 0 saturated carbocycles. The van der Waals surface area contributed by atoms with E-state index in [-0.39, 0.29) is 34.9 Å². The van der Waals surface area contributed by atoms with Crippen LogP contribution in [0.3, 0.4) is 0 Å². The molecule has 2 heterocycles. The van der Waals surface area contributed by atoms with Gasteiger partial charge in [0.25, 0.3) is 0 Å². The number of carbonyl (C=O) groups is 2. The van der Waals surface area contributed by atoms with Crippen LogP contribution in [0.2, 0.25) is 0 Å². The first-order valence-electron chi connectivity index (χ1n) is 9.56. The number of benzene rings is 1. The minimum absolute atomic E-state index is 0.0484. The zero-order chi connectivity index (χ0) is 21.2. The minimum Gasteiger partial charge on any atom is -0.493 e. The first kappa shape index (κ1) is 21.0. The lowest BCUT2D eigenvalue weighted by molar-refractivity contribution is 0.0527. The van der Waals surface area contributed by atoms with E-state index in [2.05, 4.69) is 9.46 Å². The average molecular weight is 420 g/mol. The highest BCUT2D eigenvalue weighted by Crippen LogP contribution is 2.33. The van der Waals surface area contributed by atoms with Gasteiger partial charge in [0.2, 0.25) is 5.88 Å².